The van der Waals surface area contributed by atoms with Gasteiger partial charge in [-0.3, -0.25) is 9.36 Å². The van der Waals surface area contributed by atoms with Crippen molar-refractivity contribution < 1.29 is 14.3 Å². The van der Waals surface area contributed by atoms with E-state index >= 15 is 0 Å². The molecule has 1 aromatic carbocycles. The van der Waals surface area contributed by atoms with Gasteiger partial charge in [0.2, 0.25) is 5.91 Å². The fraction of sp³-hybridized carbons (Fsp3) is 0.375. The Balaban J connectivity index is 2.06. The van der Waals surface area contributed by atoms with Crippen LogP contribution >= 0.6 is 0 Å². The third kappa shape index (κ3) is 3.74. The summed E-state index contributed by atoms with van der Waals surface area (Å²) in [4.78, 5) is 26.6. The number of hydrogen-bond acceptors (Lipinski definition) is 4. The van der Waals surface area contributed by atoms with E-state index in [0.717, 1.165) is 11.4 Å². The second-order valence-electron chi connectivity index (χ2n) is 5.16. The third-order valence-electron chi connectivity index (χ3n) is 3.73. The number of amides is 1. The summed E-state index contributed by atoms with van der Waals surface area (Å²) in [5.41, 5.74) is 1.98. The van der Waals surface area contributed by atoms with Crippen molar-refractivity contribution >= 4 is 11.6 Å². The van der Waals surface area contributed by atoms with E-state index in [1.54, 1.807) is 29.9 Å². The van der Waals surface area contributed by atoms with E-state index in [9.17, 15) is 9.59 Å². The van der Waals surface area contributed by atoms with E-state index in [1.807, 2.05) is 13.8 Å². The minimum absolute atomic E-state index is 0.179. The van der Waals surface area contributed by atoms with Gasteiger partial charge < -0.3 is 19.8 Å². The lowest BCUT2D eigenvalue weighted by Crippen LogP contribution is -2.22. The molecule has 7 heteroatoms. The highest BCUT2D eigenvalue weighted by molar-refractivity contribution is 5.92. The Morgan fingerprint density at radius 2 is 2.00 bits per heavy atom. The molecule has 0 fully saturated rings. The first-order valence-electron chi connectivity index (χ1n) is 7.24. The average molecular weight is 319 g/mol. The number of carbonyl (C=O) groups is 1. The monoisotopic (exact) mass is 319 g/mol. The van der Waals surface area contributed by atoms with Crippen LogP contribution in [-0.2, 0) is 11.3 Å². The van der Waals surface area contributed by atoms with E-state index in [0.29, 0.717) is 23.7 Å². The van der Waals surface area contributed by atoms with E-state index in [2.05, 4.69) is 10.3 Å². The Bertz CT molecular complexity index is 761. The molecule has 0 aliphatic carbocycles. The smallest absolute Gasteiger partial charge is 0.325 e. The van der Waals surface area contributed by atoms with Crippen molar-refractivity contribution in [2.24, 2.45) is 0 Å². The SMILES string of the molecule is COc1ccc(OC)c(NC(=O)CCn2c(C)c(C)[nH]c2=O)c1. The van der Waals surface area contributed by atoms with E-state index < -0.39 is 0 Å². The van der Waals surface area contributed by atoms with Crippen molar-refractivity contribution in [3.05, 3.63) is 40.1 Å². The van der Waals surface area contributed by atoms with Gasteiger partial charge in [0.1, 0.15) is 11.5 Å². The minimum Gasteiger partial charge on any atom is -0.497 e. The predicted octanol–water partition coefficient (Wildman–Crippen LogP) is 1.84. The van der Waals surface area contributed by atoms with Crippen molar-refractivity contribution in [1.29, 1.82) is 0 Å². The molecule has 0 atom stereocenters. The number of hydrogen-bond donors (Lipinski definition) is 2. The molecule has 0 saturated carbocycles. The van der Waals surface area contributed by atoms with Crippen molar-refractivity contribution in [2.75, 3.05) is 19.5 Å². The fourth-order valence-electron chi connectivity index (χ4n) is 2.28. The second-order valence-corrected chi connectivity index (χ2v) is 5.16. The van der Waals surface area contributed by atoms with Gasteiger partial charge in [-0.1, -0.05) is 0 Å². The number of ether oxygens (including phenoxy) is 2. The van der Waals surface area contributed by atoms with Gasteiger partial charge in [-0.2, -0.15) is 0 Å². The molecule has 0 saturated heterocycles. The van der Waals surface area contributed by atoms with Crippen LogP contribution in [0.15, 0.2) is 23.0 Å². The van der Waals surface area contributed by atoms with Crippen molar-refractivity contribution in [1.82, 2.24) is 9.55 Å². The lowest BCUT2D eigenvalue weighted by Gasteiger charge is -2.12. The minimum atomic E-state index is -0.207. The normalized spacial score (nSPS) is 10.4. The van der Waals surface area contributed by atoms with Crippen LogP contribution in [0.1, 0.15) is 17.8 Å². The molecule has 0 unspecified atom stereocenters. The van der Waals surface area contributed by atoms with Gasteiger partial charge in [0.15, 0.2) is 0 Å². The number of methoxy groups -OCH3 is 2. The summed E-state index contributed by atoms with van der Waals surface area (Å²) in [5.74, 6) is 0.959. The number of H-pyrrole nitrogens is 1. The summed E-state index contributed by atoms with van der Waals surface area (Å²) in [7, 11) is 3.08. The molecule has 2 aromatic rings. The van der Waals surface area contributed by atoms with Crippen LogP contribution in [0.25, 0.3) is 0 Å². The Hall–Kier alpha value is -2.70. The van der Waals surface area contributed by atoms with Crippen LogP contribution in [0.3, 0.4) is 0 Å². The Morgan fingerprint density at radius 1 is 1.26 bits per heavy atom. The van der Waals surface area contributed by atoms with E-state index in [-0.39, 0.29) is 18.0 Å². The maximum Gasteiger partial charge on any atom is 0.325 e. The number of anilines is 1. The molecule has 2 N–H and O–H groups in total. The van der Waals surface area contributed by atoms with Crippen LogP contribution < -0.4 is 20.5 Å². The maximum absolute atomic E-state index is 12.1. The Kier molecular flexibility index (Phi) is 5.10. The third-order valence-corrected chi connectivity index (χ3v) is 3.73. The quantitative estimate of drug-likeness (QED) is 0.851. The lowest BCUT2D eigenvalue weighted by atomic mass is 10.2. The zero-order chi connectivity index (χ0) is 17.0. The maximum atomic E-state index is 12.1. The van der Waals surface area contributed by atoms with Crippen LogP contribution in [0.2, 0.25) is 0 Å². The fourth-order valence-corrected chi connectivity index (χ4v) is 2.28. The van der Waals surface area contributed by atoms with Gasteiger partial charge in [-0.25, -0.2) is 4.79 Å². The largest absolute Gasteiger partial charge is 0.497 e. The highest BCUT2D eigenvalue weighted by Crippen LogP contribution is 2.28. The Morgan fingerprint density at radius 3 is 2.57 bits per heavy atom. The van der Waals surface area contributed by atoms with Gasteiger partial charge in [-0.15, -0.1) is 0 Å². The number of benzene rings is 1. The number of nitrogens with one attached hydrogen (secondary N) is 2. The molecule has 7 nitrogen and oxygen atoms in total. The number of imidazole rings is 1. The average Bonchev–Trinajstić information content (AvgIpc) is 2.78. The number of aryl methyl sites for hydroxylation is 1. The first kappa shape index (κ1) is 16.7. The Labute approximate surface area is 134 Å². The van der Waals surface area contributed by atoms with E-state index in [1.165, 1.54) is 7.11 Å². The van der Waals surface area contributed by atoms with Gasteiger partial charge in [0.25, 0.3) is 0 Å². The summed E-state index contributed by atoms with van der Waals surface area (Å²) in [6, 6.07) is 5.16. The van der Waals surface area contributed by atoms with Gasteiger partial charge in [-0.05, 0) is 26.0 Å². The molecule has 1 aromatic heterocycles. The van der Waals surface area contributed by atoms with Gasteiger partial charge in [0.05, 0.1) is 19.9 Å². The molecule has 0 spiro atoms. The molecular formula is C16H21N3O4. The number of rotatable bonds is 6. The van der Waals surface area contributed by atoms with Gasteiger partial charge in [0, 0.05) is 30.4 Å². The lowest BCUT2D eigenvalue weighted by molar-refractivity contribution is -0.116. The summed E-state index contributed by atoms with van der Waals surface area (Å²) in [5, 5.41) is 2.78. The summed E-state index contributed by atoms with van der Waals surface area (Å²) >= 11 is 0. The number of aromatic amines is 1. The highest BCUT2D eigenvalue weighted by Gasteiger charge is 2.11. The molecule has 2 rings (SSSR count). The highest BCUT2D eigenvalue weighted by atomic mass is 16.5. The molecule has 0 bridgehead atoms. The van der Waals surface area contributed by atoms with Crippen LogP contribution in [0, 0.1) is 13.8 Å². The van der Waals surface area contributed by atoms with E-state index in [4.69, 9.17) is 9.47 Å². The molecule has 124 valence electrons. The van der Waals surface area contributed by atoms with Crippen molar-refractivity contribution in [3.8, 4) is 11.5 Å². The first-order chi connectivity index (χ1) is 11.0. The molecule has 0 radical (unpaired) electrons. The number of carbonyl (C=O) groups excluding carboxylic acids is 1. The molecule has 1 amide bonds. The first-order valence-corrected chi connectivity index (χ1v) is 7.24. The zero-order valence-electron chi connectivity index (χ0n) is 13.7. The van der Waals surface area contributed by atoms with Crippen LogP contribution in [0.4, 0.5) is 5.69 Å². The molecule has 0 aliphatic rings. The molecule has 0 aliphatic heterocycles. The molecular weight excluding hydrogens is 298 g/mol. The summed E-state index contributed by atoms with van der Waals surface area (Å²) in [6.07, 6.45) is 0.179. The van der Waals surface area contributed by atoms with Gasteiger partial charge >= 0.3 is 5.69 Å². The summed E-state index contributed by atoms with van der Waals surface area (Å²) in [6.45, 7) is 3.98. The van der Waals surface area contributed by atoms with Crippen molar-refractivity contribution in [2.45, 2.75) is 26.8 Å². The van der Waals surface area contributed by atoms with Crippen molar-refractivity contribution in [3.63, 3.8) is 0 Å². The zero-order valence-corrected chi connectivity index (χ0v) is 13.7. The predicted molar refractivity (Wildman–Crippen MR) is 87.3 cm³/mol. The van der Waals surface area contributed by atoms with Crippen LogP contribution in [0.5, 0.6) is 11.5 Å². The standard InChI is InChI=1S/C16H21N3O4/c1-10-11(2)19(16(21)17-10)8-7-15(20)18-13-9-12(22-3)5-6-14(13)23-4/h5-6,9H,7-8H2,1-4H3,(H,17,21)(H,18,20). The summed E-state index contributed by atoms with van der Waals surface area (Å²) < 4.78 is 11.9. The van der Waals surface area contributed by atoms with Crippen LogP contribution in [-0.4, -0.2) is 29.7 Å². The molecule has 1 heterocycles. The topological polar surface area (TPSA) is 85.3 Å². The number of aromatic nitrogens is 2. The second kappa shape index (κ2) is 7.04. The number of nitrogens with zero attached hydrogens (tertiary/aromatic N) is 1. The molecule has 23 heavy (non-hydrogen) atoms.